The van der Waals surface area contributed by atoms with Crippen molar-refractivity contribution in [1.29, 1.82) is 0 Å². The molecule has 0 spiro atoms. The Kier molecular flexibility index (Phi) is 5.20. The third-order valence-corrected chi connectivity index (χ3v) is 5.99. The van der Waals surface area contributed by atoms with E-state index in [-0.39, 0.29) is 5.91 Å². The first-order chi connectivity index (χ1) is 12.3. The van der Waals surface area contributed by atoms with Crippen LogP contribution in [0.2, 0.25) is 0 Å². The van der Waals surface area contributed by atoms with E-state index in [1.165, 1.54) is 19.3 Å². The van der Waals surface area contributed by atoms with E-state index in [0.717, 1.165) is 69.9 Å². The molecule has 3 aliphatic rings. The number of amides is 1. The largest absolute Gasteiger partial charge is 0.378 e. The van der Waals surface area contributed by atoms with E-state index in [0.29, 0.717) is 12.0 Å². The maximum absolute atomic E-state index is 13.0. The number of nitrogens with zero attached hydrogens (tertiary/aromatic N) is 3. The van der Waals surface area contributed by atoms with Crippen LogP contribution in [0.5, 0.6) is 0 Å². The molecule has 1 unspecified atom stereocenters. The summed E-state index contributed by atoms with van der Waals surface area (Å²) in [5.74, 6) is 1.71. The summed E-state index contributed by atoms with van der Waals surface area (Å²) in [6, 6.07) is 3.84. The van der Waals surface area contributed by atoms with E-state index < -0.39 is 0 Å². The lowest BCUT2D eigenvalue weighted by Crippen LogP contribution is -2.40. The molecule has 1 aromatic heterocycles. The quantitative estimate of drug-likeness (QED) is 0.846. The lowest BCUT2D eigenvalue weighted by Gasteiger charge is -2.36. The zero-order valence-corrected chi connectivity index (χ0v) is 15.0. The van der Waals surface area contributed by atoms with E-state index in [1.807, 2.05) is 23.2 Å². The van der Waals surface area contributed by atoms with Gasteiger partial charge in [-0.25, -0.2) is 4.98 Å². The number of likely N-dealkylation sites (tertiary alicyclic amines) is 1. The third-order valence-electron chi connectivity index (χ3n) is 5.99. The molecular weight excluding hydrogens is 314 g/mol. The van der Waals surface area contributed by atoms with E-state index in [2.05, 4.69) is 9.88 Å². The first kappa shape index (κ1) is 16.8. The van der Waals surface area contributed by atoms with Crippen molar-refractivity contribution in [3.8, 4) is 0 Å². The molecule has 1 aromatic rings. The van der Waals surface area contributed by atoms with E-state index in [4.69, 9.17) is 4.74 Å². The average Bonchev–Trinajstić information content (AvgIpc) is 3.23. The Morgan fingerprint density at radius 1 is 1.04 bits per heavy atom. The number of ether oxygens (including phenoxy) is 1. The fourth-order valence-electron chi connectivity index (χ4n) is 4.54. The highest BCUT2D eigenvalue weighted by Gasteiger charge is 2.31. The van der Waals surface area contributed by atoms with Gasteiger partial charge in [0.25, 0.3) is 5.91 Å². The summed E-state index contributed by atoms with van der Waals surface area (Å²) in [6.45, 7) is 4.64. The molecule has 0 bridgehead atoms. The fraction of sp³-hybridized carbons (Fsp3) is 0.700. The molecule has 0 aliphatic carbocycles. The van der Waals surface area contributed by atoms with Crippen molar-refractivity contribution in [2.45, 2.75) is 51.0 Å². The van der Waals surface area contributed by atoms with Gasteiger partial charge < -0.3 is 14.5 Å². The number of rotatable bonds is 3. The number of anilines is 1. The Hall–Kier alpha value is -1.62. The molecule has 1 atom stereocenters. The standard InChI is InChI=1S/C20H29N3O2/c24-20(23-11-2-1-3-12-23)17-6-4-10-21-19(17)22-13-8-16(9-14-22)18-7-5-15-25-18/h4,6,10,16,18H,1-3,5,7-9,11-15H2. The molecule has 1 amide bonds. The van der Waals surface area contributed by atoms with Crippen LogP contribution in [0.15, 0.2) is 18.3 Å². The molecule has 0 saturated carbocycles. The summed E-state index contributed by atoms with van der Waals surface area (Å²) in [7, 11) is 0. The summed E-state index contributed by atoms with van der Waals surface area (Å²) < 4.78 is 5.88. The molecule has 25 heavy (non-hydrogen) atoms. The molecule has 5 heteroatoms. The van der Waals surface area contributed by atoms with Crippen LogP contribution in [0.1, 0.15) is 55.3 Å². The topological polar surface area (TPSA) is 45.7 Å². The molecule has 5 nitrogen and oxygen atoms in total. The van der Waals surface area contributed by atoms with Gasteiger partial charge >= 0.3 is 0 Å². The van der Waals surface area contributed by atoms with Gasteiger partial charge in [-0.1, -0.05) is 0 Å². The van der Waals surface area contributed by atoms with Crippen molar-refractivity contribution in [2.75, 3.05) is 37.7 Å². The van der Waals surface area contributed by atoms with Crippen LogP contribution < -0.4 is 4.90 Å². The number of aromatic nitrogens is 1. The Bertz CT molecular complexity index is 586. The van der Waals surface area contributed by atoms with Gasteiger partial charge in [-0.15, -0.1) is 0 Å². The van der Waals surface area contributed by atoms with Crippen LogP contribution in [-0.2, 0) is 4.74 Å². The van der Waals surface area contributed by atoms with Gasteiger partial charge in [0.2, 0.25) is 0 Å². The Morgan fingerprint density at radius 3 is 2.56 bits per heavy atom. The monoisotopic (exact) mass is 343 g/mol. The highest BCUT2D eigenvalue weighted by molar-refractivity contribution is 5.99. The van der Waals surface area contributed by atoms with Gasteiger partial charge in [-0.05, 0) is 63.0 Å². The van der Waals surface area contributed by atoms with Gasteiger partial charge in [-0.2, -0.15) is 0 Å². The number of carbonyl (C=O) groups is 1. The average molecular weight is 343 g/mol. The second kappa shape index (κ2) is 7.73. The molecule has 0 N–H and O–H groups in total. The summed E-state index contributed by atoms with van der Waals surface area (Å²) in [4.78, 5) is 21.9. The normalized spacial score (nSPS) is 25.4. The summed E-state index contributed by atoms with van der Waals surface area (Å²) in [5, 5.41) is 0. The number of piperidine rings is 2. The van der Waals surface area contributed by atoms with Gasteiger partial charge in [0.15, 0.2) is 0 Å². The minimum Gasteiger partial charge on any atom is -0.378 e. The molecule has 136 valence electrons. The van der Waals surface area contributed by atoms with Crippen molar-refractivity contribution in [3.63, 3.8) is 0 Å². The highest BCUT2D eigenvalue weighted by atomic mass is 16.5. The van der Waals surface area contributed by atoms with Gasteiger partial charge in [0.1, 0.15) is 5.82 Å². The van der Waals surface area contributed by atoms with Gasteiger partial charge in [0.05, 0.1) is 11.7 Å². The number of pyridine rings is 1. The molecule has 0 radical (unpaired) electrons. The van der Waals surface area contributed by atoms with Crippen molar-refractivity contribution < 1.29 is 9.53 Å². The molecule has 4 rings (SSSR count). The second-order valence-electron chi connectivity index (χ2n) is 7.60. The van der Waals surface area contributed by atoms with Crippen LogP contribution in [0.25, 0.3) is 0 Å². The Labute approximate surface area is 150 Å². The maximum Gasteiger partial charge on any atom is 0.257 e. The van der Waals surface area contributed by atoms with Crippen LogP contribution in [0.4, 0.5) is 5.82 Å². The molecule has 3 aliphatic heterocycles. The van der Waals surface area contributed by atoms with E-state index in [9.17, 15) is 4.79 Å². The maximum atomic E-state index is 13.0. The number of hydrogen-bond donors (Lipinski definition) is 0. The SMILES string of the molecule is O=C(c1cccnc1N1CCC(C2CCCO2)CC1)N1CCCCC1. The number of carbonyl (C=O) groups excluding carboxylic acids is 1. The number of hydrogen-bond acceptors (Lipinski definition) is 4. The zero-order valence-electron chi connectivity index (χ0n) is 15.0. The molecule has 0 aromatic carbocycles. The van der Waals surface area contributed by atoms with E-state index in [1.54, 1.807) is 0 Å². The summed E-state index contributed by atoms with van der Waals surface area (Å²) in [6.07, 6.45) is 10.4. The molecule has 3 saturated heterocycles. The fourth-order valence-corrected chi connectivity index (χ4v) is 4.54. The van der Waals surface area contributed by atoms with Crippen molar-refractivity contribution in [2.24, 2.45) is 5.92 Å². The molecule has 4 heterocycles. The second-order valence-corrected chi connectivity index (χ2v) is 7.60. The Morgan fingerprint density at radius 2 is 1.84 bits per heavy atom. The lowest BCUT2D eigenvalue weighted by molar-refractivity contribution is 0.0530. The van der Waals surface area contributed by atoms with Gasteiger partial charge in [-0.3, -0.25) is 4.79 Å². The minimum absolute atomic E-state index is 0.157. The van der Waals surface area contributed by atoms with Crippen LogP contribution in [-0.4, -0.2) is 54.7 Å². The van der Waals surface area contributed by atoms with Gasteiger partial charge in [0, 0.05) is 39.0 Å². The van der Waals surface area contributed by atoms with Crippen LogP contribution in [0, 0.1) is 5.92 Å². The highest BCUT2D eigenvalue weighted by Crippen LogP contribution is 2.31. The predicted octanol–water partition coefficient (Wildman–Crippen LogP) is 3.10. The smallest absolute Gasteiger partial charge is 0.257 e. The van der Waals surface area contributed by atoms with Crippen molar-refractivity contribution in [1.82, 2.24) is 9.88 Å². The summed E-state index contributed by atoms with van der Waals surface area (Å²) in [5.41, 5.74) is 0.778. The van der Waals surface area contributed by atoms with E-state index >= 15 is 0 Å². The van der Waals surface area contributed by atoms with Crippen molar-refractivity contribution >= 4 is 11.7 Å². The molecular formula is C20H29N3O2. The predicted molar refractivity (Wildman–Crippen MR) is 97.9 cm³/mol. The van der Waals surface area contributed by atoms with Crippen LogP contribution in [0.3, 0.4) is 0 Å². The van der Waals surface area contributed by atoms with Crippen molar-refractivity contribution in [3.05, 3.63) is 23.9 Å². The first-order valence-corrected chi connectivity index (χ1v) is 9.94. The van der Waals surface area contributed by atoms with Crippen LogP contribution >= 0.6 is 0 Å². The molecule has 3 fully saturated rings. The Balaban J connectivity index is 1.45. The summed E-state index contributed by atoms with van der Waals surface area (Å²) >= 11 is 0. The third kappa shape index (κ3) is 3.66. The minimum atomic E-state index is 0.157. The zero-order chi connectivity index (χ0) is 17.1. The lowest BCUT2D eigenvalue weighted by atomic mass is 9.89. The first-order valence-electron chi connectivity index (χ1n) is 9.94.